The van der Waals surface area contributed by atoms with Crippen LogP contribution in [-0.2, 0) is 0 Å². The molecule has 1 fully saturated rings. The van der Waals surface area contributed by atoms with Crippen molar-refractivity contribution in [3.05, 3.63) is 35.8 Å². The summed E-state index contributed by atoms with van der Waals surface area (Å²) in [5.41, 5.74) is 2.91. The maximum absolute atomic E-state index is 4.32. The lowest BCUT2D eigenvalue weighted by molar-refractivity contribution is 0.493. The fourth-order valence-corrected chi connectivity index (χ4v) is 2.77. The molecule has 1 atom stereocenters. The molecule has 2 nitrogen and oxygen atoms in total. The van der Waals surface area contributed by atoms with Crippen LogP contribution in [0.1, 0.15) is 26.7 Å². The third-order valence-electron chi connectivity index (χ3n) is 4.03. The number of nitrogens with one attached hydrogen (secondary N) is 1. The Bertz CT molecular complexity index is 512. The zero-order valence-electron chi connectivity index (χ0n) is 10.8. The molecule has 1 aromatic heterocycles. The number of anilines is 1. The third kappa shape index (κ3) is 2.27. The van der Waals surface area contributed by atoms with Crippen LogP contribution in [0.2, 0.25) is 0 Å². The Hall–Kier alpha value is -1.35. The van der Waals surface area contributed by atoms with Gasteiger partial charge in [0.2, 0.25) is 0 Å². The van der Waals surface area contributed by atoms with Crippen molar-refractivity contribution in [3.63, 3.8) is 0 Å². The predicted molar refractivity (Wildman–Crippen MR) is 78.0 cm³/mol. The summed E-state index contributed by atoms with van der Waals surface area (Å²) in [6, 6.07) is 9.13. The van der Waals surface area contributed by atoms with E-state index in [2.05, 4.69) is 48.4 Å². The van der Waals surface area contributed by atoms with Gasteiger partial charge in [0.25, 0.3) is 0 Å². The van der Waals surface area contributed by atoms with Crippen LogP contribution in [0, 0.1) is 5.41 Å². The highest BCUT2D eigenvalue weighted by Crippen LogP contribution is 2.48. The van der Waals surface area contributed by atoms with Crippen molar-refractivity contribution < 1.29 is 0 Å². The third-order valence-corrected chi connectivity index (χ3v) is 4.85. The maximum atomic E-state index is 4.32. The van der Waals surface area contributed by atoms with Crippen LogP contribution in [-0.4, -0.2) is 11.0 Å². The van der Waals surface area contributed by atoms with E-state index in [-0.39, 0.29) is 0 Å². The van der Waals surface area contributed by atoms with E-state index in [4.69, 9.17) is 0 Å². The molecule has 1 N–H and O–H groups in total. The first-order chi connectivity index (χ1) is 8.67. The molecule has 1 aromatic carbocycles. The molecular weight excluding hydrogens is 240 g/mol. The summed E-state index contributed by atoms with van der Waals surface area (Å²) >= 11 is 1.68. The van der Waals surface area contributed by atoms with Gasteiger partial charge in [-0.1, -0.05) is 6.92 Å². The molecule has 3 heteroatoms. The predicted octanol–water partition coefficient (Wildman–Crippen LogP) is 4.41. The molecule has 0 amide bonds. The summed E-state index contributed by atoms with van der Waals surface area (Å²) in [6.07, 6.45) is 4.54. The molecule has 3 rings (SSSR count). The summed E-state index contributed by atoms with van der Waals surface area (Å²) < 4.78 is 0. The first kappa shape index (κ1) is 11.7. The van der Waals surface area contributed by atoms with Gasteiger partial charge in [0, 0.05) is 28.9 Å². The second kappa shape index (κ2) is 4.39. The Labute approximate surface area is 112 Å². The summed E-state index contributed by atoms with van der Waals surface area (Å²) in [5.74, 6) is 0. The average molecular weight is 258 g/mol. The Morgan fingerprint density at radius 2 is 2.00 bits per heavy atom. The van der Waals surface area contributed by atoms with E-state index in [1.54, 1.807) is 11.3 Å². The van der Waals surface area contributed by atoms with Gasteiger partial charge < -0.3 is 5.32 Å². The van der Waals surface area contributed by atoms with Gasteiger partial charge in [0.05, 0.1) is 0 Å². The normalized spacial score (nSPS) is 18.3. The molecule has 1 unspecified atom stereocenters. The number of nitrogens with zero attached hydrogens (tertiary/aromatic N) is 1. The van der Waals surface area contributed by atoms with E-state index in [1.807, 2.05) is 11.6 Å². The Balaban J connectivity index is 1.71. The van der Waals surface area contributed by atoms with Crippen molar-refractivity contribution in [3.8, 4) is 10.6 Å². The van der Waals surface area contributed by atoms with Crippen molar-refractivity contribution >= 4 is 17.0 Å². The van der Waals surface area contributed by atoms with Crippen LogP contribution in [0.4, 0.5) is 5.69 Å². The van der Waals surface area contributed by atoms with E-state index in [0.717, 1.165) is 5.01 Å². The lowest BCUT2D eigenvalue weighted by Gasteiger charge is -2.21. The Morgan fingerprint density at radius 1 is 1.28 bits per heavy atom. The zero-order chi connectivity index (χ0) is 12.6. The van der Waals surface area contributed by atoms with Gasteiger partial charge in [-0.2, -0.15) is 0 Å². The van der Waals surface area contributed by atoms with E-state index in [9.17, 15) is 0 Å². The molecule has 1 aliphatic rings. The van der Waals surface area contributed by atoms with Gasteiger partial charge in [-0.15, -0.1) is 11.3 Å². The largest absolute Gasteiger partial charge is 0.382 e. The van der Waals surface area contributed by atoms with Crippen LogP contribution in [0.25, 0.3) is 10.6 Å². The molecule has 0 spiro atoms. The van der Waals surface area contributed by atoms with Crippen LogP contribution in [0.5, 0.6) is 0 Å². The summed E-state index contributed by atoms with van der Waals surface area (Å²) in [5, 5.41) is 6.70. The van der Waals surface area contributed by atoms with Crippen LogP contribution >= 0.6 is 11.3 Å². The van der Waals surface area contributed by atoms with Gasteiger partial charge in [-0.05, 0) is 49.4 Å². The molecule has 0 saturated heterocycles. The molecule has 1 saturated carbocycles. The Kier molecular flexibility index (Phi) is 2.86. The standard InChI is InChI=1S/C15H18N2S/c1-11(15(2)7-8-15)17-13-5-3-12(4-6-13)14-16-9-10-18-14/h3-6,9-11,17H,7-8H2,1-2H3. The van der Waals surface area contributed by atoms with E-state index < -0.39 is 0 Å². The molecule has 0 aliphatic heterocycles. The summed E-state index contributed by atoms with van der Waals surface area (Å²) in [4.78, 5) is 4.32. The maximum Gasteiger partial charge on any atom is 0.123 e. The molecule has 2 aromatic rings. The number of hydrogen-bond acceptors (Lipinski definition) is 3. The first-order valence-electron chi connectivity index (χ1n) is 6.44. The summed E-state index contributed by atoms with van der Waals surface area (Å²) in [7, 11) is 0. The fourth-order valence-electron chi connectivity index (χ4n) is 2.13. The average Bonchev–Trinajstić information content (AvgIpc) is 2.94. The smallest absolute Gasteiger partial charge is 0.123 e. The molecular formula is C15H18N2S. The van der Waals surface area contributed by atoms with Gasteiger partial charge in [-0.25, -0.2) is 4.98 Å². The monoisotopic (exact) mass is 258 g/mol. The Morgan fingerprint density at radius 3 is 2.56 bits per heavy atom. The van der Waals surface area contributed by atoms with Crippen molar-refractivity contribution in [1.82, 2.24) is 4.98 Å². The quantitative estimate of drug-likeness (QED) is 0.878. The minimum Gasteiger partial charge on any atom is -0.382 e. The second-order valence-electron chi connectivity index (χ2n) is 5.43. The van der Waals surface area contributed by atoms with Gasteiger partial charge >= 0.3 is 0 Å². The van der Waals surface area contributed by atoms with Crippen LogP contribution in [0.15, 0.2) is 35.8 Å². The molecule has 94 valence electrons. The number of thiazole rings is 1. The van der Waals surface area contributed by atoms with E-state index in [1.165, 1.54) is 24.1 Å². The van der Waals surface area contributed by atoms with Gasteiger partial charge in [0.1, 0.15) is 5.01 Å². The lowest BCUT2D eigenvalue weighted by Crippen LogP contribution is -2.24. The second-order valence-corrected chi connectivity index (χ2v) is 6.33. The molecule has 1 heterocycles. The minimum absolute atomic E-state index is 0.508. The van der Waals surface area contributed by atoms with E-state index >= 15 is 0 Å². The van der Waals surface area contributed by atoms with Gasteiger partial charge in [0.15, 0.2) is 0 Å². The lowest BCUT2D eigenvalue weighted by atomic mass is 10.0. The molecule has 0 bridgehead atoms. The van der Waals surface area contributed by atoms with Gasteiger partial charge in [-0.3, -0.25) is 0 Å². The molecule has 18 heavy (non-hydrogen) atoms. The van der Waals surface area contributed by atoms with E-state index in [0.29, 0.717) is 11.5 Å². The minimum atomic E-state index is 0.508. The highest BCUT2D eigenvalue weighted by molar-refractivity contribution is 7.13. The fraction of sp³-hybridized carbons (Fsp3) is 0.400. The van der Waals surface area contributed by atoms with Crippen molar-refractivity contribution in [2.24, 2.45) is 5.41 Å². The van der Waals surface area contributed by atoms with Crippen LogP contribution < -0.4 is 5.32 Å². The molecule has 0 radical (unpaired) electrons. The number of hydrogen-bond donors (Lipinski definition) is 1. The first-order valence-corrected chi connectivity index (χ1v) is 7.32. The van der Waals surface area contributed by atoms with Crippen LogP contribution in [0.3, 0.4) is 0 Å². The number of aromatic nitrogens is 1. The van der Waals surface area contributed by atoms with Crippen molar-refractivity contribution in [1.29, 1.82) is 0 Å². The molecule has 1 aliphatic carbocycles. The SMILES string of the molecule is CC(Nc1ccc(-c2nccs2)cc1)C1(C)CC1. The van der Waals surface area contributed by atoms with Crippen molar-refractivity contribution in [2.45, 2.75) is 32.7 Å². The van der Waals surface area contributed by atoms with Crippen molar-refractivity contribution in [2.75, 3.05) is 5.32 Å². The summed E-state index contributed by atoms with van der Waals surface area (Å²) in [6.45, 7) is 4.64. The highest BCUT2D eigenvalue weighted by atomic mass is 32.1. The number of rotatable bonds is 4. The number of benzene rings is 1. The highest BCUT2D eigenvalue weighted by Gasteiger charge is 2.42. The topological polar surface area (TPSA) is 24.9 Å². The zero-order valence-corrected chi connectivity index (χ0v) is 11.6.